The predicted octanol–water partition coefficient (Wildman–Crippen LogP) is 2.61. The van der Waals surface area contributed by atoms with Crippen LogP contribution >= 0.6 is 0 Å². The van der Waals surface area contributed by atoms with E-state index in [1.807, 2.05) is 18.2 Å². The number of ether oxygens (including phenoxy) is 1. The molecule has 4 heteroatoms. The van der Waals surface area contributed by atoms with Gasteiger partial charge in [0.2, 0.25) is 0 Å². The number of hydrogen-bond acceptors (Lipinski definition) is 3. The van der Waals surface area contributed by atoms with E-state index >= 15 is 0 Å². The van der Waals surface area contributed by atoms with Crippen LogP contribution < -0.4 is 10.1 Å². The van der Waals surface area contributed by atoms with Crippen LogP contribution in [0.3, 0.4) is 0 Å². The highest BCUT2D eigenvalue weighted by molar-refractivity contribution is 5.77. The summed E-state index contributed by atoms with van der Waals surface area (Å²) < 4.78 is 5.56. The smallest absolute Gasteiger partial charge is 0.258 e. The summed E-state index contributed by atoms with van der Waals surface area (Å²) in [6.07, 6.45) is 3.02. The van der Waals surface area contributed by atoms with Crippen molar-refractivity contribution < 1.29 is 14.6 Å². The summed E-state index contributed by atoms with van der Waals surface area (Å²) in [5, 5.41) is 12.4. The molecule has 1 aromatic rings. The number of benzene rings is 1. The molecule has 0 unspecified atom stereocenters. The molecule has 1 fully saturated rings. The van der Waals surface area contributed by atoms with Crippen LogP contribution in [0.1, 0.15) is 51.0 Å². The normalized spacial score (nSPS) is 22.1. The second kappa shape index (κ2) is 7.46. The summed E-state index contributed by atoms with van der Waals surface area (Å²) >= 11 is 0. The van der Waals surface area contributed by atoms with E-state index in [-0.39, 0.29) is 24.7 Å². The van der Waals surface area contributed by atoms with Crippen molar-refractivity contribution in [2.45, 2.75) is 57.6 Å². The topological polar surface area (TPSA) is 58.6 Å². The Bertz CT molecular complexity index is 465. The zero-order valence-electron chi connectivity index (χ0n) is 12.8. The van der Waals surface area contributed by atoms with Crippen molar-refractivity contribution in [1.29, 1.82) is 0 Å². The van der Waals surface area contributed by atoms with Crippen LogP contribution in [-0.4, -0.2) is 29.8 Å². The molecule has 0 saturated heterocycles. The van der Waals surface area contributed by atoms with Crippen LogP contribution in [0.25, 0.3) is 0 Å². The molecule has 1 saturated carbocycles. The average Bonchev–Trinajstić information content (AvgIpc) is 2.48. The molecule has 1 amide bonds. The third-order valence-corrected chi connectivity index (χ3v) is 3.96. The largest absolute Gasteiger partial charge is 0.484 e. The Kier molecular flexibility index (Phi) is 5.62. The summed E-state index contributed by atoms with van der Waals surface area (Å²) in [5.74, 6) is 1.08. The fourth-order valence-electron chi connectivity index (χ4n) is 2.60. The standard InChI is InChI=1S/C17H25NO3/c1-12(2)13-4-3-5-16(10-13)21-11-17(20)18-14-6-8-15(19)9-7-14/h3-5,10,12,14-15,19H,6-9,11H2,1-2H3,(H,18,20). The Morgan fingerprint density at radius 2 is 2.05 bits per heavy atom. The van der Waals surface area contributed by atoms with Gasteiger partial charge in [0, 0.05) is 6.04 Å². The van der Waals surface area contributed by atoms with Gasteiger partial charge in [-0.15, -0.1) is 0 Å². The molecule has 0 aliphatic heterocycles. The first-order chi connectivity index (χ1) is 10.0. The van der Waals surface area contributed by atoms with E-state index in [1.54, 1.807) is 0 Å². The molecule has 0 radical (unpaired) electrons. The highest BCUT2D eigenvalue weighted by atomic mass is 16.5. The van der Waals surface area contributed by atoms with Crippen molar-refractivity contribution in [1.82, 2.24) is 5.32 Å². The first kappa shape index (κ1) is 15.8. The van der Waals surface area contributed by atoms with Gasteiger partial charge in [-0.3, -0.25) is 4.79 Å². The lowest BCUT2D eigenvalue weighted by molar-refractivity contribution is -0.124. The zero-order chi connectivity index (χ0) is 15.2. The van der Waals surface area contributed by atoms with E-state index in [1.165, 1.54) is 5.56 Å². The van der Waals surface area contributed by atoms with Crippen molar-refractivity contribution in [3.8, 4) is 5.75 Å². The number of amides is 1. The number of carbonyl (C=O) groups is 1. The Labute approximate surface area is 126 Å². The SMILES string of the molecule is CC(C)c1cccc(OCC(=O)NC2CCC(O)CC2)c1. The van der Waals surface area contributed by atoms with Gasteiger partial charge in [0.25, 0.3) is 5.91 Å². The van der Waals surface area contributed by atoms with Crippen LogP contribution in [0.2, 0.25) is 0 Å². The summed E-state index contributed by atoms with van der Waals surface area (Å²) in [7, 11) is 0. The maximum atomic E-state index is 11.9. The van der Waals surface area contributed by atoms with Crippen molar-refractivity contribution >= 4 is 5.91 Å². The van der Waals surface area contributed by atoms with Crippen molar-refractivity contribution in [2.24, 2.45) is 0 Å². The van der Waals surface area contributed by atoms with Gasteiger partial charge in [-0.2, -0.15) is 0 Å². The van der Waals surface area contributed by atoms with E-state index in [2.05, 4.69) is 25.2 Å². The van der Waals surface area contributed by atoms with Gasteiger partial charge in [0.1, 0.15) is 5.75 Å². The Balaban J connectivity index is 1.77. The fraction of sp³-hybridized carbons (Fsp3) is 0.588. The van der Waals surface area contributed by atoms with Gasteiger partial charge in [-0.1, -0.05) is 26.0 Å². The molecule has 116 valence electrons. The second-order valence-corrected chi connectivity index (χ2v) is 6.09. The minimum absolute atomic E-state index is 0.0423. The van der Waals surface area contributed by atoms with Gasteiger partial charge in [0.15, 0.2) is 6.61 Å². The summed E-state index contributed by atoms with van der Waals surface area (Å²) in [5.41, 5.74) is 1.20. The first-order valence-corrected chi connectivity index (χ1v) is 7.75. The number of carbonyl (C=O) groups excluding carboxylic acids is 1. The van der Waals surface area contributed by atoms with E-state index < -0.39 is 0 Å². The molecule has 1 aliphatic carbocycles. The molecule has 0 atom stereocenters. The van der Waals surface area contributed by atoms with E-state index in [9.17, 15) is 9.90 Å². The molecule has 1 aliphatic rings. The minimum Gasteiger partial charge on any atom is -0.484 e. The van der Waals surface area contributed by atoms with Crippen molar-refractivity contribution in [2.75, 3.05) is 6.61 Å². The van der Waals surface area contributed by atoms with Gasteiger partial charge in [-0.25, -0.2) is 0 Å². The minimum atomic E-state index is -0.201. The first-order valence-electron chi connectivity index (χ1n) is 7.75. The van der Waals surface area contributed by atoms with Crippen LogP contribution in [0.15, 0.2) is 24.3 Å². The van der Waals surface area contributed by atoms with Crippen LogP contribution in [0.4, 0.5) is 0 Å². The lowest BCUT2D eigenvalue weighted by Crippen LogP contribution is -2.40. The van der Waals surface area contributed by atoms with Crippen LogP contribution in [0, 0.1) is 0 Å². The summed E-state index contributed by atoms with van der Waals surface area (Å²) in [6, 6.07) is 8.03. The summed E-state index contributed by atoms with van der Waals surface area (Å²) in [4.78, 5) is 11.9. The monoisotopic (exact) mass is 291 g/mol. The lowest BCUT2D eigenvalue weighted by Gasteiger charge is -2.26. The molecule has 1 aromatic carbocycles. The third-order valence-electron chi connectivity index (χ3n) is 3.96. The zero-order valence-corrected chi connectivity index (χ0v) is 12.8. The van der Waals surface area contributed by atoms with E-state index in [0.717, 1.165) is 31.4 Å². The number of hydrogen-bond donors (Lipinski definition) is 2. The number of rotatable bonds is 5. The van der Waals surface area contributed by atoms with Crippen molar-refractivity contribution in [3.05, 3.63) is 29.8 Å². The molecular weight excluding hydrogens is 266 g/mol. The van der Waals surface area contributed by atoms with Crippen molar-refractivity contribution in [3.63, 3.8) is 0 Å². The maximum Gasteiger partial charge on any atom is 0.258 e. The fourth-order valence-corrected chi connectivity index (χ4v) is 2.60. The molecular formula is C17H25NO3. The van der Waals surface area contributed by atoms with E-state index in [4.69, 9.17) is 4.74 Å². The molecule has 2 N–H and O–H groups in total. The lowest BCUT2D eigenvalue weighted by atomic mass is 9.93. The predicted molar refractivity (Wildman–Crippen MR) is 82.4 cm³/mol. The molecule has 0 bridgehead atoms. The molecule has 0 aromatic heterocycles. The summed E-state index contributed by atoms with van der Waals surface area (Å²) in [6.45, 7) is 4.30. The highest BCUT2D eigenvalue weighted by Crippen LogP contribution is 2.20. The molecule has 2 rings (SSSR count). The molecule has 0 spiro atoms. The van der Waals surface area contributed by atoms with Gasteiger partial charge >= 0.3 is 0 Å². The highest BCUT2D eigenvalue weighted by Gasteiger charge is 2.20. The van der Waals surface area contributed by atoms with Crippen LogP contribution in [0.5, 0.6) is 5.75 Å². The Morgan fingerprint density at radius 1 is 1.33 bits per heavy atom. The van der Waals surface area contributed by atoms with Gasteiger partial charge in [-0.05, 0) is 49.3 Å². The Morgan fingerprint density at radius 3 is 2.71 bits per heavy atom. The Hall–Kier alpha value is -1.55. The molecule has 0 heterocycles. The maximum absolute atomic E-state index is 11.9. The molecule has 21 heavy (non-hydrogen) atoms. The quantitative estimate of drug-likeness (QED) is 0.876. The third kappa shape index (κ3) is 5.05. The average molecular weight is 291 g/mol. The molecule has 4 nitrogen and oxygen atoms in total. The van der Waals surface area contributed by atoms with Crippen LogP contribution in [-0.2, 0) is 4.79 Å². The number of aliphatic hydroxyl groups excluding tert-OH is 1. The van der Waals surface area contributed by atoms with Gasteiger partial charge < -0.3 is 15.2 Å². The number of nitrogens with one attached hydrogen (secondary N) is 1. The van der Waals surface area contributed by atoms with E-state index in [0.29, 0.717) is 5.92 Å². The van der Waals surface area contributed by atoms with Gasteiger partial charge in [0.05, 0.1) is 6.10 Å². The second-order valence-electron chi connectivity index (χ2n) is 6.09. The number of aliphatic hydroxyl groups is 1.